The van der Waals surface area contributed by atoms with Crippen molar-refractivity contribution in [3.63, 3.8) is 0 Å². The first-order valence-electron chi connectivity index (χ1n) is 11.6. The molecule has 162 valence electrons. The van der Waals surface area contributed by atoms with Crippen molar-refractivity contribution in [2.45, 2.75) is 78.2 Å². The van der Waals surface area contributed by atoms with Gasteiger partial charge in [-0.3, -0.25) is 14.8 Å². The molecule has 0 bridgehead atoms. The molecule has 1 amide bonds. The van der Waals surface area contributed by atoms with Gasteiger partial charge in [0, 0.05) is 42.0 Å². The third kappa shape index (κ3) is 4.34. The Morgan fingerprint density at radius 1 is 1.06 bits per heavy atom. The third-order valence-corrected chi connectivity index (χ3v) is 6.78. The number of pyridine rings is 2. The van der Waals surface area contributed by atoms with Gasteiger partial charge in [-0.2, -0.15) is 0 Å². The molecule has 4 rings (SSSR count). The van der Waals surface area contributed by atoms with Crippen molar-refractivity contribution >= 4 is 22.5 Å². The van der Waals surface area contributed by atoms with E-state index in [1.807, 2.05) is 17.3 Å². The highest BCUT2D eigenvalue weighted by Gasteiger charge is 2.27. The molecule has 2 aromatic heterocycles. The Hall–Kier alpha value is -2.75. The number of carbonyl (C=O) groups excluding carboxylic acids is 1. The van der Waals surface area contributed by atoms with E-state index in [4.69, 9.17) is 4.98 Å². The molecule has 1 fully saturated rings. The molecule has 1 saturated carbocycles. The number of rotatable bonds is 5. The zero-order valence-electron chi connectivity index (χ0n) is 19.2. The summed E-state index contributed by atoms with van der Waals surface area (Å²) in [5.41, 5.74) is 6.33. The van der Waals surface area contributed by atoms with Crippen molar-refractivity contribution in [3.8, 4) is 11.1 Å². The van der Waals surface area contributed by atoms with Gasteiger partial charge < -0.3 is 4.90 Å². The van der Waals surface area contributed by atoms with Crippen molar-refractivity contribution in [1.29, 1.82) is 0 Å². The molecule has 1 unspecified atom stereocenters. The summed E-state index contributed by atoms with van der Waals surface area (Å²) in [6.07, 6.45) is 10.7. The van der Waals surface area contributed by atoms with E-state index in [9.17, 15) is 4.79 Å². The van der Waals surface area contributed by atoms with Crippen molar-refractivity contribution in [2.24, 2.45) is 0 Å². The van der Waals surface area contributed by atoms with E-state index in [-0.39, 0.29) is 11.9 Å². The van der Waals surface area contributed by atoms with Crippen LogP contribution in [0.5, 0.6) is 0 Å². The summed E-state index contributed by atoms with van der Waals surface area (Å²) in [7, 11) is 0. The maximum absolute atomic E-state index is 12.8. The highest BCUT2D eigenvalue weighted by Crippen LogP contribution is 2.36. The number of aromatic nitrogens is 2. The van der Waals surface area contributed by atoms with Gasteiger partial charge >= 0.3 is 0 Å². The highest BCUT2D eigenvalue weighted by atomic mass is 16.2. The molecule has 0 aliphatic heterocycles. The lowest BCUT2D eigenvalue weighted by atomic mass is 9.92. The van der Waals surface area contributed by atoms with Crippen LogP contribution in [-0.2, 0) is 4.79 Å². The first-order chi connectivity index (χ1) is 15.0. The predicted octanol–water partition coefficient (Wildman–Crippen LogP) is 6.80. The largest absolute Gasteiger partial charge is 0.309 e. The molecule has 0 N–H and O–H groups in total. The summed E-state index contributed by atoms with van der Waals surface area (Å²) in [4.78, 5) is 24.2. The van der Waals surface area contributed by atoms with Gasteiger partial charge in [0.1, 0.15) is 0 Å². The Balaban J connectivity index is 1.80. The van der Waals surface area contributed by atoms with Gasteiger partial charge in [0.25, 0.3) is 0 Å². The van der Waals surface area contributed by atoms with Crippen molar-refractivity contribution in [2.75, 3.05) is 4.90 Å². The molecule has 0 saturated heterocycles. The first kappa shape index (κ1) is 21.5. The number of hydrogen-bond acceptors (Lipinski definition) is 3. The Morgan fingerprint density at radius 2 is 1.81 bits per heavy atom. The summed E-state index contributed by atoms with van der Waals surface area (Å²) < 4.78 is 0. The molecule has 1 atom stereocenters. The van der Waals surface area contributed by atoms with Crippen LogP contribution in [-0.4, -0.2) is 21.9 Å². The van der Waals surface area contributed by atoms with Crippen LogP contribution in [0.1, 0.15) is 76.5 Å². The number of carbonyl (C=O) groups is 1. The zero-order valence-corrected chi connectivity index (χ0v) is 19.2. The standard InChI is InChI=1S/C27H33N3O/c1-5-18(2)25-13-12-22(17-29-25)21-11-14-26-24(15-21)27(19(3)16-28-26)30(20(4)31)23-9-7-6-8-10-23/h11-18,23H,5-10H2,1-4H3. The fraction of sp³-hybridized carbons (Fsp3) is 0.444. The lowest BCUT2D eigenvalue weighted by Gasteiger charge is -2.35. The lowest BCUT2D eigenvalue weighted by molar-refractivity contribution is -0.117. The minimum Gasteiger partial charge on any atom is -0.309 e. The predicted molar refractivity (Wildman–Crippen MR) is 128 cm³/mol. The van der Waals surface area contributed by atoms with E-state index in [1.54, 1.807) is 6.92 Å². The number of benzene rings is 1. The Morgan fingerprint density at radius 3 is 2.45 bits per heavy atom. The van der Waals surface area contributed by atoms with Gasteiger partial charge in [0.2, 0.25) is 5.91 Å². The molecule has 1 aliphatic rings. The van der Waals surface area contributed by atoms with Crippen molar-refractivity contribution in [1.82, 2.24) is 9.97 Å². The Kier molecular flexibility index (Phi) is 6.35. The van der Waals surface area contributed by atoms with Gasteiger partial charge in [-0.25, -0.2) is 0 Å². The smallest absolute Gasteiger partial charge is 0.224 e. The van der Waals surface area contributed by atoms with E-state index in [0.717, 1.165) is 58.2 Å². The average molecular weight is 416 g/mol. The summed E-state index contributed by atoms with van der Waals surface area (Å²) in [6, 6.07) is 10.9. The van der Waals surface area contributed by atoms with Crippen molar-refractivity contribution in [3.05, 3.63) is 54.0 Å². The van der Waals surface area contributed by atoms with E-state index in [2.05, 4.69) is 56.1 Å². The molecule has 0 spiro atoms. The second-order valence-electron chi connectivity index (χ2n) is 8.98. The number of nitrogens with zero attached hydrogens (tertiary/aromatic N) is 3. The number of fused-ring (bicyclic) bond motifs is 1. The normalized spacial score (nSPS) is 15.7. The van der Waals surface area contributed by atoms with E-state index < -0.39 is 0 Å². The second kappa shape index (κ2) is 9.17. The maximum Gasteiger partial charge on any atom is 0.224 e. The van der Waals surface area contributed by atoms with Gasteiger partial charge in [0.15, 0.2) is 0 Å². The van der Waals surface area contributed by atoms with E-state index in [1.165, 1.54) is 19.3 Å². The molecular weight excluding hydrogens is 382 g/mol. The molecule has 1 aromatic carbocycles. The minimum atomic E-state index is 0.118. The number of hydrogen-bond donors (Lipinski definition) is 0. The van der Waals surface area contributed by atoms with Crippen LogP contribution in [0.4, 0.5) is 5.69 Å². The van der Waals surface area contributed by atoms with E-state index >= 15 is 0 Å². The zero-order chi connectivity index (χ0) is 22.0. The molecule has 4 nitrogen and oxygen atoms in total. The summed E-state index contributed by atoms with van der Waals surface area (Å²) in [6.45, 7) is 8.16. The fourth-order valence-corrected chi connectivity index (χ4v) is 4.79. The van der Waals surface area contributed by atoms with Gasteiger partial charge in [-0.1, -0.05) is 45.2 Å². The molecule has 2 heterocycles. The lowest BCUT2D eigenvalue weighted by Crippen LogP contribution is -2.40. The highest BCUT2D eigenvalue weighted by molar-refractivity contribution is 6.04. The third-order valence-electron chi connectivity index (χ3n) is 6.78. The summed E-state index contributed by atoms with van der Waals surface area (Å²) >= 11 is 0. The van der Waals surface area contributed by atoms with Crippen LogP contribution in [0.2, 0.25) is 0 Å². The van der Waals surface area contributed by atoms with Gasteiger partial charge in [0.05, 0.1) is 11.2 Å². The van der Waals surface area contributed by atoms with Crippen LogP contribution in [0.25, 0.3) is 22.0 Å². The fourth-order valence-electron chi connectivity index (χ4n) is 4.79. The number of anilines is 1. The minimum absolute atomic E-state index is 0.118. The average Bonchev–Trinajstić information content (AvgIpc) is 2.80. The maximum atomic E-state index is 12.8. The number of amides is 1. The van der Waals surface area contributed by atoms with Crippen LogP contribution < -0.4 is 4.90 Å². The summed E-state index contributed by atoms with van der Waals surface area (Å²) in [5.74, 6) is 0.580. The quantitative estimate of drug-likeness (QED) is 0.460. The second-order valence-corrected chi connectivity index (χ2v) is 8.98. The Bertz CT molecular complexity index is 1070. The SMILES string of the molecule is CCC(C)c1ccc(-c2ccc3ncc(C)c(N(C(C)=O)C4CCCCC4)c3c2)cn1. The number of aryl methyl sites for hydroxylation is 1. The molecule has 1 aliphatic carbocycles. The molecule has 31 heavy (non-hydrogen) atoms. The van der Waals surface area contributed by atoms with Gasteiger partial charge in [-0.05, 0) is 61.4 Å². The molecule has 4 heteroatoms. The van der Waals surface area contributed by atoms with Crippen LogP contribution in [0, 0.1) is 6.92 Å². The summed E-state index contributed by atoms with van der Waals surface area (Å²) in [5, 5.41) is 1.05. The van der Waals surface area contributed by atoms with Crippen LogP contribution >= 0.6 is 0 Å². The van der Waals surface area contributed by atoms with Crippen molar-refractivity contribution < 1.29 is 4.79 Å². The van der Waals surface area contributed by atoms with Crippen LogP contribution in [0.3, 0.4) is 0 Å². The monoisotopic (exact) mass is 415 g/mol. The molecular formula is C27H33N3O. The topological polar surface area (TPSA) is 46.1 Å². The van der Waals surface area contributed by atoms with Gasteiger partial charge in [-0.15, -0.1) is 0 Å². The first-order valence-corrected chi connectivity index (χ1v) is 11.6. The Labute approximate surface area is 185 Å². The van der Waals surface area contributed by atoms with Crippen LogP contribution in [0.15, 0.2) is 42.7 Å². The molecule has 0 radical (unpaired) electrons. The van der Waals surface area contributed by atoms with E-state index in [0.29, 0.717) is 5.92 Å². The molecule has 3 aromatic rings.